The van der Waals surface area contributed by atoms with Crippen molar-refractivity contribution in [1.82, 2.24) is 0 Å². The second-order valence-electron chi connectivity index (χ2n) is 2.95. The first-order valence-corrected chi connectivity index (χ1v) is 4.73. The molecule has 0 aliphatic carbocycles. The van der Waals surface area contributed by atoms with Gasteiger partial charge in [-0.1, -0.05) is 0 Å². The van der Waals surface area contributed by atoms with E-state index in [0.29, 0.717) is 13.2 Å². The quantitative estimate of drug-likeness (QED) is 0.483. The molecule has 0 N–H and O–H groups in total. The molecule has 0 spiro atoms. The van der Waals surface area contributed by atoms with Crippen molar-refractivity contribution in [2.24, 2.45) is 0 Å². The van der Waals surface area contributed by atoms with Crippen molar-refractivity contribution in [3.63, 3.8) is 0 Å². The van der Waals surface area contributed by atoms with E-state index in [2.05, 4.69) is 4.74 Å². The molecule has 6 nitrogen and oxygen atoms in total. The third-order valence-corrected chi connectivity index (χ3v) is 1.67. The highest BCUT2D eigenvalue weighted by atomic mass is 16.7. The van der Waals surface area contributed by atoms with Crippen molar-refractivity contribution in [3.8, 4) is 0 Å². The van der Waals surface area contributed by atoms with E-state index in [9.17, 15) is 9.59 Å². The Morgan fingerprint density at radius 2 is 1.93 bits per heavy atom. The SMILES string of the molecule is CCOC(=O)CC(=O)OC1COCOC1. The second-order valence-corrected chi connectivity index (χ2v) is 2.95. The summed E-state index contributed by atoms with van der Waals surface area (Å²) in [6, 6.07) is 0. The van der Waals surface area contributed by atoms with E-state index in [-0.39, 0.29) is 19.8 Å². The lowest BCUT2D eigenvalue weighted by Gasteiger charge is -2.22. The Kier molecular flexibility index (Phi) is 5.06. The van der Waals surface area contributed by atoms with Gasteiger partial charge < -0.3 is 18.9 Å². The van der Waals surface area contributed by atoms with Crippen molar-refractivity contribution in [1.29, 1.82) is 0 Å². The number of esters is 2. The largest absolute Gasteiger partial charge is 0.466 e. The van der Waals surface area contributed by atoms with Crippen molar-refractivity contribution < 1.29 is 28.5 Å². The van der Waals surface area contributed by atoms with Crippen molar-refractivity contribution in [2.45, 2.75) is 19.4 Å². The fourth-order valence-electron chi connectivity index (χ4n) is 1.09. The summed E-state index contributed by atoms with van der Waals surface area (Å²) in [5, 5.41) is 0. The first kappa shape index (κ1) is 11.9. The number of hydrogen-bond acceptors (Lipinski definition) is 6. The van der Waals surface area contributed by atoms with Crippen molar-refractivity contribution in [3.05, 3.63) is 0 Å². The maximum Gasteiger partial charge on any atom is 0.317 e. The Bertz CT molecular complexity index is 221. The van der Waals surface area contributed by atoms with Gasteiger partial charge >= 0.3 is 11.9 Å². The average molecular weight is 218 g/mol. The Morgan fingerprint density at radius 3 is 2.53 bits per heavy atom. The van der Waals surface area contributed by atoms with Crippen LogP contribution in [0, 0.1) is 0 Å². The van der Waals surface area contributed by atoms with Gasteiger partial charge in [0, 0.05) is 0 Å². The molecule has 1 fully saturated rings. The van der Waals surface area contributed by atoms with E-state index in [1.54, 1.807) is 6.92 Å². The molecule has 1 heterocycles. The van der Waals surface area contributed by atoms with Gasteiger partial charge in [0.05, 0.1) is 19.8 Å². The number of carbonyl (C=O) groups is 2. The molecular formula is C9H14O6. The molecule has 1 saturated heterocycles. The molecule has 86 valence electrons. The summed E-state index contributed by atoms with van der Waals surface area (Å²) < 4.78 is 19.4. The zero-order valence-corrected chi connectivity index (χ0v) is 8.56. The maximum absolute atomic E-state index is 11.2. The molecule has 15 heavy (non-hydrogen) atoms. The third-order valence-electron chi connectivity index (χ3n) is 1.67. The Labute approximate surface area is 87.4 Å². The zero-order valence-electron chi connectivity index (χ0n) is 8.56. The molecule has 6 heteroatoms. The van der Waals surface area contributed by atoms with E-state index in [4.69, 9.17) is 14.2 Å². The summed E-state index contributed by atoms with van der Waals surface area (Å²) in [6.45, 7) is 2.74. The molecule has 0 atom stereocenters. The van der Waals surface area contributed by atoms with Crippen LogP contribution in [-0.4, -0.2) is 44.7 Å². The van der Waals surface area contributed by atoms with Gasteiger partial charge in [-0.25, -0.2) is 0 Å². The normalized spacial score (nSPS) is 17.1. The maximum atomic E-state index is 11.2. The predicted octanol–water partition coefficient (Wildman–Crippen LogP) is -0.144. The lowest BCUT2D eigenvalue weighted by atomic mass is 10.3. The van der Waals surface area contributed by atoms with Crippen LogP contribution in [0.2, 0.25) is 0 Å². The van der Waals surface area contributed by atoms with Gasteiger partial charge in [0.2, 0.25) is 0 Å². The minimum Gasteiger partial charge on any atom is -0.466 e. The molecule has 0 aromatic carbocycles. The van der Waals surface area contributed by atoms with E-state index in [1.165, 1.54) is 0 Å². The highest BCUT2D eigenvalue weighted by molar-refractivity contribution is 5.91. The van der Waals surface area contributed by atoms with Crippen molar-refractivity contribution >= 4 is 11.9 Å². The molecular weight excluding hydrogens is 204 g/mol. The van der Waals surface area contributed by atoms with Crippen LogP contribution in [0.25, 0.3) is 0 Å². The molecule has 1 aliphatic heterocycles. The van der Waals surface area contributed by atoms with Crippen LogP contribution in [0.4, 0.5) is 0 Å². The van der Waals surface area contributed by atoms with Gasteiger partial charge in [0.15, 0.2) is 0 Å². The first-order chi connectivity index (χ1) is 7.22. The molecule has 1 aliphatic rings. The highest BCUT2D eigenvalue weighted by Crippen LogP contribution is 2.03. The fraction of sp³-hybridized carbons (Fsp3) is 0.778. The fourth-order valence-corrected chi connectivity index (χ4v) is 1.09. The molecule has 0 bridgehead atoms. The first-order valence-electron chi connectivity index (χ1n) is 4.73. The van der Waals surface area contributed by atoms with Gasteiger partial charge in [-0.2, -0.15) is 0 Å². The number of rotatable bonds is 4. The van der Waals surface area contributed by atoms with Gasteiger partial charge in [-0.3, -0.25) is 9.59 Å². The minimum atomic E-state index is -0.618. The smallest absolute Gasteiger partial charge is 0.317 e. The summed E-state index contributed by atoms with van der Waals surface area (Å²) in [5.74, 6) is -1.20. The average Bonchev–Trinajstić information content (AvgIpc) is 2.19. The number of ether oxygens (including phenoxy) is 4. The summed E-state index contributed by atoms with van der Waals surface area (Å²) in [4.78, 5) is 22.1. The van der Waals surface area contributed by atoms with Crippen LogP contribution in [0.5, 0.6) is 0 Å². The summed E-state index contributed by atoms with van der Waals surface area (Å²) in [7, 11) is 0. The van der Waals surface area contributed by atoms with E-state index >= 15 is 0 Å². The Morgan fingerprint density at radius 1 is 1.27 bits per heavy atom. The minimum absolute atomic E-state index is 0.214. The summed E-state index contributed by atoms with van der Waals surface area (Å²) in [6.07, 6.45) is -0.801. The highest BCUT2D eigenvalue weighted by Gasteiger charge is 2.20. The molecule has 0 aromatic heterocycles. The zero-order chi connectivity index (χ0) is 11.1. The second kappa shape index (κ2) is 6.36. The third kappa shape index (κ3) is 4.75. The molecule has 0 aromatic rings. The number of hydrogen-bond donors (Lipinski definition) is 0. The summed E-state index contributed by atoms with van der Waals surface area (Å²) >= 11 is 0. The predicted molar refractivity (Wildman–Crippen MR) is 47.9 cm³/mol. The standard InChI is InChI=1S/C9H14O6/c1-2-14-8(10)3-9(11)15-7-4-12-6-13-5-7/h7H,2-6H2,1H3. The number of carbonyl (C=O) groups excluding carboxylic acids is 2. The van der Waals surface area contributed by atoms with Crippen LogP contribution in [0.3, 0.4) is 0 Å². The topological polar surface area (TPSA) is 71.1 Å². The van der Waals surface area contributed by atoms with Gasteiger partial charge in [-0.15, -0.1) is 0 Å². The van der Waals surface area contributed by atoms with Gasteiger partial charge in [-0.05, 0) is 6.92 Å². The van der Waals surface area contributed by atoms with Crippen LogP contribution in [-0.2, 0) is 28.5 Å². The van der Waals surface area contributed by atoms with E-state index in [1.807, 2.05) is 0 Å². The van der Waals surface area contributed by atoms with Gasteiger partial charge in [0.1, 0.15) is 19.3 Å². The lowest BCUT2D eigenvalue weighted by molar-refractivity contribution is -0.184. The van der Waals surface area contributed by atoms with Crippen LogP contribution < -0.4 is 0 Å². The molecule has 0 unspecified atom stereocenters. The van der Waals surface area contributed by atoms with Crippen molar-refractivity contribution in [2.75, 3.05) is 26.6 Å². The molecule has 0 saturated carbocycles. The monoisotopic (exact) mass is 218 g/mol. The lowest BCUT2D eigenvalue weighted by Crippen LogP contribution is -2.34. The van der Waals surface area contributed by atoms with E-state index < -0.39 is 18.0 Å². The van der Waals surface area contributed by atoms with Crippen LogP contribution in [0.15, 0.2) is 0 Å². The van der Waals surface area contributed by atoms with Crippen LogP contribution >= 0.6 is 0 Å². The Balaban J connectivity index is 2.19. The molecule has 0 amide bonds. The summed E-state index contributed by atoms with van der Waals surface area (Å²) in [5.41, 5.74) is 0. The van der Waals surface area contributed by atoms with Gasteiger partial charge in [0.25, 0.3) is 0 Å². The van der Waals surface area contributed by atoms with Crippen LogP contribution in [0.1, 0.15) is 13.3 Å². The Hall–Kier alpha value is -1.14. The van der Waals surface area contributed by atoms with E-state index in [0.717, 1.165) is 0 Å². The molecule has 1 rings (SSSR count). The molecule has 0 radical (unpaired) electrons.